The van der Waals surface area contributed by atoms with Crippen LogP contribution in [0.5, 0.6) is 0 Å². The molecule has 1 unspecified atom stereocenters. The largest absolute Gasteiger partial charge is 0.369 e. The summed E-state index contributed by atoms with van der Waals surface area (Å²) in [6.07, 6.45) is 1.31. The summed E-state index contributed by atoms with van der Waals surface area (Å²) in [5, 5.41) is 11.3. The number of hydrogen-bond acceptors (Lipinski definition) is 3. The molecule has 0 aliphatic carbocycles. The van der Waals surface area contributed by atoms with Crippen LogP contribution in [0, 0.1) is 17.1 Å². The number of benzene rings is 1. The molecule has 0 saturated carbocycles. The smallest absolute Gasteiger partial charge is 0.253 e. The summed E-state index contributed by atoms with van der Waals surface area (Å²) in [7, 11) is 0. The molecule has 0 saturated heterocycles. The maximum absolute atomic E-state index is 13.1. The van der Waals surface area contributed by atoms with E-state index in [1.54, 1.807) is 13.0 Å². The molecule has 0 bridgehead atoms. The van der Waals surface area contributed by atoms with E-state index in [1.807, 2.05) is 6.92 Å². The zero-order chi connectivity index (χ0) is 14.3. The summed E-state index contributed by atoms with van der Waals surface area (Å²) < 4.78 is 18.5. The first-order valence-corrected chi connectivity index (χ1v) is 6.20. The Hall–Kier alpha value is -1.93. The SMILES string of the molecule is CCCCOC(C)C(=O)Nc1ccc(F)c(C#N)c1. The van der Waals surface area contributed by atoms with Gasteiger partial charge in [0.2, 0.25) is 0 Å². The Morgan fingerprint density at radius 1 is 1.58 bits per heavy atom. The number of carbonyl (C=O) groups excluding carboxylic acids is 1. The number of unbranched alkanes of at least 4 members (excludes halogenated alkanes) is 1. The minimum atomic E-state index is -0.604. The van der Waals surface area contributed by atoms with E-state index in [9.17, 15) is 9.18 Å². The van der Waals surface area contributed by atoms with Crippen LogP contribution in [0.2, 0.25) is 0 Å². The Balaban J connectivity index is 2.59. The predicted molar refractivity (Wildman–Crippen MR) is 70.1 cm³/mol. The quantitative estimate of drug-likeness (QED) is 0.804. The fraction of sp³-hybridized carbons (Fsp3) is 0.429. The molecule has 0 aliphatic rings. The first-order valence-electron chi connectivity index (χ1n) is 6.20. The number of amides is 1. The van der Waals surface area contributed by atoms with Crippen LogP contribution in [0.4, 0.5) is 10.1 Å². The topological polar surface area (TPSA) is 62.1 Å². The van der Waals surface area contributed by atoms with Gasteiger partial charge in [-0.15, -0.1) is 0 Å². The normalized spacial score (nSPS) is 11.7. The van der Waals surface area contributed by atoms with E-state index in [0.29, 0.717) is 12.3 Å². The lowest BCUT2D eigenvalue weighted by Crippen LogP contribution is -2.28. The van der Waals surface area contributed by atoms with Gasteiger partial charge in [-0.2, -0.15) is 5.26 Å². The number of nitrogens with zero attached hydrogens (tertiary/aromatic N) is 1. The molecule has 1 atom stereocenters. The van der Waals surface area contributed by atoms with Gasteiger partial charge in [-0.1, -0.05) is 13.3 Å². The lowest BCUT2D eigenvalue weighted by molar-refractivity contribution is -0.126. The van der Waals surface area contributed by atoms with Gasteiger partial charge < -0.3 is 10.1 Å². The highest BCUT2D eigenvalue weighted by Crippen LogP contribution is 2.14. The summed E-state index contributed by atoms with van der Waals surface area (Å²) in [6.45, 7) is 4.22. The van der Waals surface area contributed by atoms with Crippen molar-refractivity contribution in [3.63, 3.8) is 0 Å². The molecule has 19 heavy (non-hydrogen) atoms. The highest BCUT2D eigenvalue weighted by Gasteiger charge is 2.14. The summed E-state index contributed by atoms with van der Waals surface area (Å²) in [5.74, 6) is -0.917. The average Bonchev–Trinajstić information content (AvgIpc) is 2.41. The Labute approximate surface area is 112 Å². The Bertz CT molecular complexity index is 483. The van der Waals surface area contributed by atoms with Crippen molar-refractivity contribution < 1.29 is 13.9 Å². The van der Waals surface area contributed by atoms with Gasteiger partial charge in [0.1, 0.15) is 18.0 Å². The predicted octanol–water partition coefficient (Wildman–Crippen LogP) is 2.84. The van der Waals surface area contributed by atoms with Gasteiger partial charge in [0.15, 0.2) is 0 Å². The van der Waals surface area contributed by atoms with E-state index in [1.165, 1.54) is 12.1 Å². The summed E-state index contributed by atoms with van der Waals surface area (Å²) in [6, 6.07) is 5.58. The number of ether oxygens (including phenoxy) is 1. The summed E-state index contributed by atoms with van der Waals surface area (Å²) in [5.41, 5.74) is 0.284. The van der Waals surface area contributed by atoms with Gasteiger partial charge in [-0.25, -0.2) is 4.39 Å². The second-order valence-electron chi connectivity index (χ2n) is 4.16. The van der Waals surface area contributed by atoms with E-state index in [2.05, 4.69) is 5.32 Å². The molecular weight excluding hydrogens is 247 g/mol. The number of halogens is 1. The maximum Gasteiger partial charge on any atom is 0.253 e. The van der Waals surface area contributed by atoms with Crippen molar-refractivity contribution in [3.05, 3.63) is 29.6 Å². The molecule has 1 aromatic rings. The van der Waals surface area contributed by atoms with Gasteiger partial charge in [0.05, 0.1) is 5.56 Å². The fourth-order valence-corrected chi connectivity index (χ4v) is 1.41. The molecule has 1 aromatic carbocycles. The fourth-order valence-electron chi connectivity index (χ4n) is 1.41. The summed E-state index contributed by atoms with van der Waals surface area (Å²) >= 11 is 0. The van der Waals surface area contributed by atoms with E-state index in [4.69, 9.17) is 10.00 Å². The summed E-state index contributed by atoms with van der Waals surface area (Å²) in [4.78, 5) is 11.8. The van der Waals surface area contributed by atoms with Gasteiger partial charge in [-0.05, 0) is 31.5 Å². The highest BCUT2D eigenvalue weighted by atomic mass is 19.1. The number of rotatable bonds is 6. The van der Waals surface area contributed by atoms with Gasteiger partial charge >= 0.3 is 0 Å². The third-order valence-electron chi connectivity index (χ3n) is 2.59. The van der Waals surface area contributed by atoms with Crippen LogP contribution >= 0.6 is 0 Å². The molecule has 1 rings (SSSR count). The van der Waals surface area contributed by atoms with Crippen molar-refractivity contribution >= 4 is 11.6 Å². The minimum Gasteiger partial charge on any atom is -0.369 e. The maximum atomic E-state index is 13.1. The van der Waals surface area contributed by atoms with Gasteiger partial charge in [0, 0.05) is 12.3 Å². The number of carbonyl (C=O) groups is 1. The molecule has 1 amide bonds. The third-order valence-corrected chi connectivity index (χ3v) is 2.59. The second-order valence-corrected chi connectivity index (χ2v) is 4.16. The molecule has 0 heterocycles. The first-order chi connectivity index (χ1) is 9.08. The van der Waals surface area contributed by atoms with Crippen LogP contribution in [-0.2, 0) is 9.53 Å². The molecule has 0 spiro atoms. The lowest BCUT2D eigenvalue weighted by atomic mass is 10.2. The van der Waals surface area contributed by atoms with Gasteiger partial charge in [-0.3, -0.25) is 4.79 Å². The van der Waals surface area contributed by atoms with Crippen LogP contribution in [0.3, 0.4) is 0 Å². The van der Waals surface area contributed by atoms with Gasteiger partial charge in [0.25, 0.3) is 5.91 Å². The zero-order valence-corrected chi connectivity index (χ0v) is 11.1. The molecule has 0 radical (unpaired) electrons. The molecule has 0 aliphatic heterocycles. The molecule has 102 valence electrons. The van der Waals surface area contributed by atoms with Crippen molar-refractivity contribution in [1.29, 1.82) is 5.26 Å². The van der Waals surface area contributed by atoms with E-state index in [-0.39, 0.29) is 11.5 Å². The van der Waals surface area contributed by atoms with E-state index >= 15 is 0 Å². The number of nitrogens with one attached hydrogen (secondary N) is 1. The minimum absolute atomic E-state index is 0.0997. The van der Waals surface area contributed by atoms with E-state index < -0.39 is 11.9 Å². The van der Waals surface area contributed by atoms with Crippen LogP contribution < -0.4 is 5.32 Å². The van der Waals surface area contributed by atoms with Crippen LogP contribution in [0.15, 0.2) is 18.2 Å². The van der Waals surface area contributed by atoms with Crippen molar-refractivity contribution in [1.82, 2.24) is 0 Å². The van der Waals surface area contributed by atoms with Crippen LogP contribution in [-0.4, -0.2) is 18.6 Å². The molecule has 0 fully saturated rings. The lowest BCUT2D eigenvalue weighted by Gasteiger charge is -2.13. The Morgan fingerprint density at radius 3 is 2.95 bits per heavy atom. The molecule has 4 nitrogen and oxygen atoms in total. The molecular formula is C14H17FN2O2. The van der Waals surface area contributed by atoms with Crippen molar-refractivity contribution in [2.24, 2.45) is 0 Å². The standard InChI is InChI=1S/C14H17FN2O2/c1-3-4-7-19-10(2)14(18)17-12-5-6-13(15)11(8-12)9-16/h5-6,8,10H,3-4,7H2,1-2H3,(H,17,18). The molecule has 1 N–H and O–H groups in total. The second kappa shape index (κ2) is 7.49. The molecule has 0 aromatic heterocycles. The molecule has 5 heteroatoms. The number of nitriles is 1. The Morgan fingerprint density at radius 2 is 2.32 bits per heavy atom. The Kier molecular flexibility index (Phi) is 5.97. The average molecular weight is 264 g/mol. The van der Waals surface area contributed by atoms with Crippen molar-refractivity contribution in [2.75, 3.05) is 11.9 Å². The van der Waals surface area contributed by atoms with Crippen molar-refractivity contribution in [2.45, 2.75) is 32.8 Å². The first kappa shape index (κ1) is 15.1. The number of anilines is 1. The van der Waals surface area contributed by atoms with Crippen LogP contribution in [0.1, 0.15) is 32.3 Å². The highest BCUT2D eigenvalue weighted by molar-refractivity contribution is 5.94. The number of hydrogen-bond donors (Lipinski definition) is 1. The van der Waals surface area contributed by atoms with Crippen molar-refractivity contribution in [3.8, 4) is 6.07 Å². The zero-order valence-electron chi connectivity index (χ0n) is 11.1. The third kappa shape index (κ3) is 4.68. The monoisotopic (exact) mass is 264 g/mol. The van der Waals surface area contributed by atoms with E-state index in [0.717, 1.165) is 18.9 Å². The van der Waals surface area contributed by atoms with Crippen LogP contribution in [0.25, 0.3) is 0 Å².